The van der Waals surface area contributed by atoms with Crippen LogP contribution in [0.15, 0.2) is 18.2 Å². The fraction of sp³-hybridized carbons (Fsp3) is 0.462. The summed E-state index contributed by atoms with van der Waals surface area (Å²) in [6.45, 7) is 2.96. The van der Waals surface area contributed by atoms with Crippen molar-refractivity contribution in [2.75, 3.05) is 26.8 Å². The second-order valence-electron chi connectivity index (χ2n) is 4.09. The summed E-state index contributed by atoms with van der Waals surface area (Å²) in [4.78, 5) is 11.6. The molecule has 0 bridgehead atoms. The van der Waals surface area contributed by atoms with Crippen molar-refractivity contribution in [1.29, 1.82) is 0 Å². The van der Waals surface area contributed by atoms with Crippen molar-refractivity contribution in [3.63, 3.8) is 0 Å². The van der Waals surface area contributed by atoms with E-state index >= 15 is 0 Å². The fourth-order valence-corrected chi connectivity index (χ4v) is 1.99. The van der Waals surface area contributed by atoms with Crippen molar-refractivity contribution < 1.29 is 13.9 Å². The minimum Gasteiger partial charge on any atom is -0.383 e. The van der Waals surface area contributed by atoms with Crippen LogP contribution < -0.4 is 10.6 Å². The monoisotopic (exact) mass is 288 g/mol. The molecule has 1 unspecified atom stereocenters. The first-order valence-corrected chi connectivity index (χ1v) is 6.37. The first-order chi connectivity index (χ1) is 9.06. The molecule has 0 aliphatic carbocycles. The quantitative estimate of drug-likeness (QED) is 0.754. The van der Waals surface area contributed by atoms with Gasteiger partial charge in [-0.25, -0.2) is 4.39 Å². The predicted molar refractivity (Wildman–Crippen MR) is 72.7 cm³/mol. The largest absolute Gasteiger partial charge is 0.383 e. The molecule has 1 amide bonds. The molecular formula is C13H18ClFN2O2. The van der Waals surface area contributed by atoms with Crippen LogP contribution in [0.3, 0.4) is 0 Å². The Balaban J connectivity index is 2.50. The number of amides is 1. The Labute approximate surface area is 117 Å². The van der Waals surface area contributed by atoms with Crippen LogP contribution in [0.5, 0.6) is 0 Å². The molecule has 19 heavy (non-hydrogen) atoms. The number of carbonyl (C=O) groups excluding carboxylic acids is 1. The molecule has 0 radical (unpaired) electrons. The van der Waals surface area contributed by atoms with Crippen LogP contribution >= 0.6 is 11.6 Å². The van der Waals surface area contributed by atoms with E-state index in [2.05, 4.69) is 10.6 Å². The third-order valence-electron chi connectivity index (χ3n) is 2.58. The number of methoxy groups -OCH3 is 1. The van der Waals surface area contributed by atoms with Crippen LogP contribution in [-0.4, -0.2) is 32.7 Å². The predicted octanol–water partition coefficient (Wildman–Crippen LogP) is 1.89. The fourth-order valence-electron chi connectivity index (χ4n) is 1.67. The number of rotatable bonds is 7. The van der Waals surface area contributed by atoms with Gasteiger partial charge in [-0.3, -0.25) is 4.79 Å². The Morgan fingerprint density at radius 2 is 2.26 bits per heavy atom. The molecular weight excluding hydrogens is 271 g/mol. The molecule has 1 aromatic rings. The molecule has 0 aromatic heterocycles. The van der Waals surface area contributed by atoms with Gasteiger partial charge >= 0.3 is 0 Å². The van der Waals surface area contributed by atoms with Crippen LogP contribution in [-0.2, 0) is 9.53 Å². The van der Waals surface area contributed by atoms with Crippen molar-refractivity contribution >= 4 is 17.5 Å². The molecule has 2 N–H and O–H groups in total. The molecule has 0 saturated heterocycles. The lowest BCUT2D eigenvalue weighted by Crippen LogP contribution is -2.36. The van der Waals surface area contributed by atoms with E-state index in [4.69, 9.17) is 16.3 Å². The van der Waals surface area contributed by atoms with Crippen molar-refractivity contribution in [3.8, 4) is 0 Å². The van der Waals surface area contributed by atoms with E-state index < -0.39 is 11.9 Å². The van der Waals surface area contributed by atoms with Crippen LogP contribution in [0.2, 0.25) is 5.02 Å². The topological polar surface area (TPSA) is 50.4 Å². The maximum atomic E-state index is 13.6. The standard InChI is InChI=1S/C13H18ClFN2O2/c1-9(13-10(14)4-3-5-11(13)15)17-12(18)8-16-6-7-19-2/h3-5,9,16H,6-8H2,1-2H3,(H,17,18). The molecule has 1 atom stereocenters. The molecule has 0 spiro atoms. The summed E-state index contributed by atoms with van der Waals surface area (Å²) in [5, 5.41) is 5.90. The Morgan fingerprint density at radius 1 is 1.53 bits per heavy atom. The second kappa shape index (κ2) is 8.09. The number of halogens is 2. The molecule has 4 nitrogen and oxygen atoms in total. The zero-order valence-corrected chi connectivity index (χ0v) is 11.8. The summed E-state index contributed by atoms with van der Waals surface area (Å²) in [5.74, 6) is -0.643. The van der Waals surface area contributed by atoms with E-state index in [9.17, 15) is 9.18 Å². The van der Waals surface area contributed by atoms with Crippen LogP contribution in [0.25, 0.3) is 0 Å². The molecule has 0 heterocycles. The van der Waals surface area contributed by atoms with Gasteiger partial charge in [-0.15, -0.1) is 0 Å². The van der Waals surface area contributed by atoms with Crippen molar-refractivity contribution in [1.82, 2.24) is 10.6 Å². The van der Waals surface area contributed by atoms with Gasteiger partial charge in [0, 0.05) is 24.2 Å². The number of benzene rings is 1. The summed E-state index contributed by atoms with van der Waals surface area (Å²) in [7, 11) is 1.59. The van der Waals surface area contributed by atoms with Gasteiger partial charge in [0.05, 0.1) is 19.2 Å². The lowest BCUT2D eigenvalue weighted by atomic mass is 10.1. The van der Waals surface area contributed by atoms with E-state index in [1.54, 1.807) is 20.1 Å². The van der Waals surface area contributed by atoms with E-state index in [-0.39, 0.29) is 12.5 Å². The minimum atomic E-state index is -0.481. The summed E-state index contributed by atoms with van der Waals surface area (Å²) in [6, 6.07) is 3.97. The van der Waals surface area contributed by atoms with E-state index in [0.717, 1.165) is 0 Å². The molecule has 106 valence electrons. The zero-order valence-electron chi connectivity index (χ0n) is 11.0. The highest BCUT2D eigenvalue weighted by molar-refractivity contribution is 6.31. The van der Waals surface area contributed by atoms with Crippen molar-refractivity contribution in [2.45, 2.75) is 13.0 Å². The third kappa shape index (κ3) is 5.14. The van der Waals surface area contributed by atoms with Gasteiger partial charge in [0.2, 0.25) is 5.91 Å². The minimum absolute atomic E-state index is 0.153. The maximum Gasteiger partial charge on any atom is 0.234 e. The van der Waals surface area contributed by atoms with Crippen LogP contribution in [0.4, 0.5) is 4.39 Å². The van der Waals surface area contributed by atoms with E-state index in [1.807, 2.05) is 0 Å². The summed E-state index contributed by atoms with van der Waals surface area (Å²) >= 11 is 5.93. The number of nitrogens with one attached hydrogen (secondary N) is 2. The SMILES string of the molecule is COCCNCC(=O)NC(C)c1c(F)cccc1Cl. The normalized spacial score (nSPS) is 12.2. The lowest BCUT2D eigenvalue weighted by molar-refractivity contribution is -0.120. The highest BCUT2D eigenvalue weighted by Gasteiger charge is 2.16. The van der Waals surface area contributed by atoms with Gasteiger partial charge in [0.1, 0.15) is 5.82 Å². The Kier molecular flexibility index (Phi) is 6.77. The van der Waals surface area contributed by atoms with Crippen LogP contribution in [0, 0.1) is 5.82 Å². The maximum absolute atomic E-state index is 13.6. The molecule has 0 aliphatic heterocycles. The summed E-state index contributed by atoms with van der Waals surface area (Å²) in [6.07, 6.45) is 0. The van der Waals surface area contributed by atoms with Gasteiger partial charge in [-0.2, -0.15) is 0 Å². The van der Waals surface area contributed by atoms with Gasteiger partial charge in [-0.1, -0.05) is 17.7 Å². The Morgan fingerprint density at radius 3 is 2.89 bits per heavy atom. The van der Waals surface area contributed by atoms with Gasteiger partial charge in [0.25, 0.3) is 0 Å². The average molecular weight is 289 g/mol. The summed E-state index contributed by atoms with van der Waals surface area (Å²) in [5.41, 5.74) is 0.300. The number of carbonyl (C=O) groups is 1. The van der Waals surface area contributed by atoms with Crippen LogP contribution in [0.1, 0.15) is 18.5 Å². The first-order valence-electron chi connectivity index (χ1n) is 5.99. The average Bonchev–Trinajstić information content (AvgIpc) is 2.34. The number of hydrogen-bond donors (Lipinski definition) is 2. The molecule has 0 aliphatic rings. The van der Waals surface area contributed by atoms with Gasteiger partial charge in [0.15, 0.2) is 0 Å². The lowest BCUT2D eigenvalue weighted by Gasteiger charge is -2.16. The Bertz CT molecular complexity index is 409. The highest BCUT2D eigenvalue weighted by Crippen LogP contribution is 2.25. The van der Waals surface area contributed by atoms with Crippen molar-refractivity contribution in [2.24, 2.45) is 0 Å². The van der Waals surface area contributed by atoms with Crippen molar-refractivity contribution in [3.05, 3.63) is 34.6 Å². The number of hydrogen-bond acceptors (Lipinski definition) is 3. The van der Waals surface area contributed by atoms with E-state index in [1.165, 1.54) is 12.1 Å². The zero-order chi connectivity index (χ0) is 14.3. The smallest absolute Gasteiger partial charge is 0.234 e. The summed E-state index contributed by atoms with van der Waals surface area (Å²) < 4.78 is 18.5. The highest BCUT2D eigenvalue weighted by atomic mass is 35.5. The molecule has 6 heteroatoms. The Hall–Kier alpha value is -1.17. The van der Waals surface area contributed by atoms with Gasteiger partial charge in [-0.05, 0) is 19.1 Å². The molecule has 0 saturated carbocycles. The second-order valence-corrected chi connectivity index (χ2v) is 4.50. The van der Waals surface area contributed by atoms with Gasteiger partial charge < -0.3 is 15.4 Å². The number of ether oxygens (including phenoxy) is 1. The first kappa shape index (κ1) is 15.9. The molecule has 0 fully saturated rings. The van der Waals surface area contributed by atoms with E-state index in [0.29, 0.717) is 23.7 Å². The molecule has 1 aromatic carbocycles. The molecule has 1 rings (SSSR count). The third-order valence-corrected chi connectivity index (χ3v) is 2.91.